The standard InChI is InChI=1S/C26H39N5O8/c1-14(2)12-18(27)23(35)28-15(3)22(34)30-19(10-11-21(32)33)24(36)31-20(13-17-8-6-5-7-9-17)25(37)29-16(4)26(38)39/h5-9,14-16,18-20H,10-13,27H2,1-4H3,(H,28,35)(H,29,37)(H,30,34)(H,31,36)(H,32,33)(H,38,39)/t15-,16-,18-,19-,20-/m0/s1. The fourth-order valence-corrected chi connectivity index (χ4v) is 3.54. The highest BCUT2D eigenvalue weighted by molar-refractivity contribution is 5.95. The number of amides is 4. The largest absolute Gasteiger partial charge is 0.481 e. The second-order valence-electron chi connectivity index (χ2n) is 9.78. The van der Waals surface area contributed by atoms with Gasteiger partial charge >= 0.3 is 11.9 Å². The molecule has 216 valence electrons. The predicted molar refractivity (Wildman–Crippen MR) is 141 cm³/mol. The Hall–Kier alpha value is -4.00. The van der Waals surface area contributed by atoms with E-state index in [9.17, 15) is 28.8 Å². The Morgan fingerprint density at radius 1 is 0.744 bits per heavy atom. The van der Waals surface area contributed by atoms with Gasteiger partial charge in [-0.3, -0.25) is 28.8 Å². The number of carboxylic acids is 2. The molecule has 0 spiro atoms. The van der Waals surface area contributed by atoms with Crippen molar-refractivity contribution in [3.63, 3.8) is 0 Å². The number of benzene rings is 1. The van der Waals surface area contributed by atoms with E-state index in [0.29, 0.717) is 12.0 Å². The van der Waals surface area contributed by atoms with Crippen LogP contribution in [0.25, 0.3) is 0 Å². The molecule has 0 fully saturated rings. The molecule has 1 aromatic carbocycles. The van der Waals surface area contributed by atoms with Crippen molar-refractivity contribution in [1.82, 2.24) is 21.3 Å². The van der Waals surface area contributed by atoms with Crippen LogP contribution < -0.4 is 27.0 Å². The molecule has 0 saturated heterocycles. The summed E-state index contributed by atoms with van der Waals surface area (Å²) in [5, 5.41) is 28.0. The van der Waals surface area contributed by atoms with Crippen molar-refractivity contribution >= 4 is 35.6 Å². The van der Waals surface area contributed by atoms with Crippen LogP contribution in [0.3, 0.4) is 0 Å². The Kier molecular flexibility index (Phi) is 13.6. The Labute approximate surface area is 227 Å². The number of carboxylic acid groups (broad SMARTS) is 2. The zero-order valence-electron chi connectivity index (χ0n) is 22.6. The first-order chi connectivity index (χ1) is 18.2. The average molecular weight is 550 g/mol. The second-order valence-corrected chi connectivity index (χ2v) is 9.78. The third-order valence-corrected chi connectivity index (χ3v) is 5.74. The van der Waals surface area contributed by atoms with Crippen LogP contribution in [-0.2, 0) is 35.2 Å². The Morgan fingerprint density at radius 3 is 1.82 bits per heavy atom. The first kappa shape index (κ1) is 33.0. The van der Waals surface area contributed by atoms with Crippen LogP contribution in [0.4, 0.5) is 0 Å². The zero-order valence-corrected chi connectivity index (χ0v) is 22.6. The minimum Gasteiger partial charge on any atom is -0.481 e. The number of hydrogen-bond donors (Lipinski definition) is 7. The van der Waals surface area contributed by atoms with E-state index >= 15 is 0 Å². The van der Waals surface area contributed by atoms with E-state index in [0.717, 1.165) is 0 Å². The van der Waals surface area contributed by atoms with E-state index in [1.54, 1.807) is 30.3 Å². The molecule has 8 N–H and O–H groups in total. The van der Waals surface area contributed by atoms with Crippen LogP contribution in [0, 0.1) is 5.92 Å². The molecule has 0 unspecified atom stereocenters. The van der Waals surface area contributed by atoms with Gasteiger partial charge in [0.1, 0.15) is 24.2 Å². The van der Waals surface area contributed by atoms with Gasteiger partial charge < -0.3 is 37.2 Å². The monoisotopic (exact) mass is 549 g/mol. The van der Waals surface area contributed by atoms with Crippen molar-refractivity contribution in [2.24, 2.45) is 11.7 Å². The van der Waals surface area contributed by atoms with Gasteiger partial charge in [0.15, 0.2) is 0 Å². The van der Waals surface area contributed by atoms with Gasteiger partial charge in [-0.1, -0.05) is 44.2 Å². The van der Waals surface area contributed by atoms with Gasteiger partial charge in [-0.15, -0.1) is 0 Å². The van der Waals surface area contributed by atoms with Crippen LogP contribution in [0.1, 0.15) is 52.5 Å². The van der Waals surface area contributed by atoms with E-state index in [1.165, 1.54) is 13.8 Å². The van der Waals surface area contributed by atoms with E-state index < -0.39 is 72.2 Å². The summed E-state index contributed by atoms with van der Waals surface area (Å²) >= 11 is 0. The lowest BCUT2D eigenvalue weighted by Gasteiger charge is -2.25. The summed E-state index contributed by atoms with van der Waals surface area (Å²) in [7, 11) is 0. The molecule has 0 saturated carbocycles. The van der Waals surface area contributed by atoms with Gasteiger partial charge in [-0.2, -0.15) is 0 Å². The zero-order chi connectivity index (χ0) is 29.7. The highest BCUT2D eigenvalue weighted by Gasteiger charge is 2.30. The quantitative estimate of drug-likeness (QED) is 0.142. The fraction of sp³-hybridized carbons (Fsp3) is 0.538. The lowest BCUT2D eigenvalue weighted by molar-refractivity contribution is -0.141. The van der Waals surface area contributed by atoms with Gasteiger partial charge in [0.2, 0.25) is 23.6 Å². The van der Waals surface area contributed by atoms with Crippen molar-refractivity contribution in [3.8, 4) is 0 Å². The summed E-state index contributed by atoms with van der Waals surface area (Å²) in [6.07, 6.45) is -0.366. The van der Waals surface area contributed by atoms with Crippen molar-refractivity contribution in [1.29, 1.82) is 0 Å². The molecule has 39 heavy (non-hydrogen) atoms. The van der Waals surface area contributed by atoms with Gasteiger partial charge in [-0.05, 0) is 38.2 Å². The third kappa shape index (κ3) is 12.4. The molecule has 1 aromatic rings. The van der Waals surface area contributed by atoms with E-state index in [-0.39, 0.29) is 18.8 Å². The highest BCUT2D eigenvalue weighted by Crippen LogP contribution is 2.07. The first-order valence-electron chi connectivity index (χ1n) is 12.7. The Bertz CT molecular complexity index is 1020. The molecular formula is C26H39N5O8. The van der Waals surface area contributed by atoms with Crippen molar-refractivity contribution < 1.29 is 39.0 Å². The molecule has 0 aromatic heterocycles. The van der Waals surface area contributed by atoms with Gasteiger partial charge in [-0.25, -0.2) is 0 Å². The number of nitrogens with one attached hydrogen (secondary N) is 4. The minimum absolute atomic E-state index is 0.00451. The number of carbonyl (C=O) groups excluding carboxylic acids is 4. The topological polar surface area (TPSA) is 217 Å². The average Bonchev–Trinajstić information content (AvgIpc) is 2.85. The molecule has 0 heterocycles. The lowest BCUT2D eigenvalue weighted by atomic mass is 10.0. The molecular weight excluding hydrogens is 510 g/mol. The summed E-state index contributed by atoms with van der Waals surface area (Å²) < 4.78 is 0. The minimum atomic E-state index is -1.36. The molecule has 4 amide bonds. The van der Waals surface area contributed by atoms with Crippen LogP contribution in [-0.4, -0.2) is 76.0 Å². The Balaban J connectivity index is 3.04. The normalized spacial score (nSPS) is 14.7. The fourth-order valence-electron chi connectivity index (χ4n) is 3.54. The van der Waals surface area contributed by atoms with E-state index in [2.05, 4.69) is 21.3 Å². The maximum atomic E-state index is 13.2. The molecule has 0 aliphatic heterocycles. The summed E-state index contributed by atoms with van der Waals surface area (Å²) in [5.41, 5.74) is 6.52. The predicted octanol–water partition coefficient (Wildman–Crippen LogP) is -0.469. The molecule has 0 aliphatic rings. The van der Waals surface area contributed by atoms with Crippen LogP contribution in [0.15, 0.2) is 30.3 Å². The summed E-state index contributed by atoms with van der Waals surface area (Å²) in [5.74, 6) is -5.26. The number of hydrogen-bond acceptors (Lipinski definition) is 7. The summed E-state index contributed by atoms with van der Waals surface area (Å²) in [6, 6.07) is 2.90. The SMILES string of the molecule is CC(C)C[C@H](N)C(=O)N[C@@H](C)C(=O)N[C@@H](CCC(=O)O)C(=O)N[C@@H](Cc1ccccc1)C(=O)N[C@@H](C)C(=O)O. The van der Waals surface area contributed by atoms with Crippen molar-refractivity contribution in [2.45, 2.75) is 83.6 Å². The Morgan fingerprint density at radius 2 is 1.28 bits per heavy atom. The second kappa shape index (κ2) is 16.1. The van der Waals surface area contributed by atoms with Crippen LogP contribution >= 0.6 is 0 Å². The number of nitrogens with two attached hydrogens (primary N) is 1. The highest BCUT2D eigenvalue weighted by atomic mass is 16.4. The van der Waals surface area contributed by atoms with Crippen molar-refractivity contribution in [2.75, 3.05) is 0 Å². The lowest BCUT2D eigenvalue weighted by Crippen LogP contribution is -2.58. The summed E-state index contributed by atoms with van der Waals surface area (Å²) in [4.78, 5) is 73.5. The van der Waals surface area contributed by atoms with Crippen LogP contribution in [0.5, 0.6) is 0 Å². The maximum absolute atomic E-state index is 13.2. The van der Waals surface area contributed by atoms with Gasteiger partial charge in [0, 0.05) is 12.8 Å². The molecule has 1 rings (SSSR count). The third-order valence-electron chi connectivity index (χ3n) is 5.74. The number of carbonyl (C=O) groups is 6. The summed E-state index contributed by atoms with van der Waals surface area (Å²) in [6.45, 7) is 6.44. The van der Waals surface area contributed by atoms with Crippen molar-refractivity contribution in [3.05, 3.63) is 35.9 Å². The molecule has 0 bridgehead atoms. The number of rotatable bonds is 16. The molecule has 13 nitrogen and oxygen atoms in total. The smallest absolute Gasteiger partial charge is 0.325 e. The maximum Gasteiger partial charge on any atom is 0.325 e. The molecule has 13 heteroatoms. The molecule has 0 radical (unpaired) electrons. The molecule has 0 aliphatic carbocycles. The molecule has 5 atom stereocenters. The number of aliphatic carboxylic acids is 2. The van der Waals surface area contributed by atoms with E-state index in [4.69, 9.17) is 15.9 Å². The van der Waals surface area contributed by atoms with E-state index in [1.807, 2.05) is 13.8 Å². The van der Waals surface area contributed by atoms with Crippen LogP contribution in [0.2, 0.25) is 0 Å². The van der Waals surface area contributed by atoms with Gasteiger partial charge in [0.25, 0.3) is 0 Å². The first-order valence-corrected chi connectivity index (χ1v) is 12.7. The van der Waals surface area contributed by atoms with Gasteiger partial charge in [0.05, 0.1) is 6.04 Å².